The van der Waals surface area contributed by atoms with Crippen LogP contribution in [0.5, 0.6) is 11.5 Å². The molecule has 1 atom stereocenters. The topological polar surface area (TPSA) is 73.6 Å². The summed E-state index contributed by atoms with van der Waals surface area (Å²) in [6.07, 6.45) is 3.83. The monoisotopic (exact) mass is 930 g/mol. The number of benzene rings is 9. The Morgan fingerprint density at radius 3 is 1.52 bits per heavy atom. The van der Waals surface area contributed by atoms with Crippen LogP contribution in [0.4, 0.5) is 0 Å². The molecule has 1 aliphatic heterocycles. The molecule has 0 radical (unpaired) electrons. The van der Waals surface area contributed by atoms with Gasteiger partial charge in [-0.25, -0.2) is 0 Å². The normalized spacial score (nSPS) is 14.5. The van der Waals surface area contributed by atoms with Gasteiger partial charge in [0.1, 0.15) is 11.5 Å². The molecule has 9 aromatic carbocycles. The quantitative estimate of drug-likeness (QED) is 0.176. The maximum atomic E-state index is 9.88. The first kappa shape index (κ1) is 39.8. The van der Waals surface area contributed by atoms with E-state index in [1.54, 1.807) is 0 Å². The van der Waals surface area contributed by atoms with E-state index >= 15 is 0 Å². The summed E-state index contributed by atoms with van der Waals surface area (Å²) in [4.78, 5) is 10.3. The molecule has 338 valence electrons. The van der Waals surface area contributed by atoms with Crippen molar-refractivity contribution < 1.29 is 4.74 Å². The summed E-state index contributed by atoms with van der Waals surface area (Å²) in [5.74, 6) is 1.58. The van der Waals surface area contributed by atoms with Crippen molar-refractivity contribution in [3.63, 3.8) is 0 Å². The van der Waals surface area contributed by atoms with Crippen molar-refractivity contribution >= 4 is 65.4 Å². The van der Waals surface area contributed by atoms with Crippen LogP contribution in [0.15, 0.2) is 231 Å². The largest absolute Gasteiger partial charge is 0.457 e. The fraction of sp³-hybridized carbons (Fsp3) is 0.0152. The maximum absolute atomic E-state index is 9.88. The third-order valence-corrected chi connectivity index (χ3v) is 15.6. The third kappa shape index (κ3) is 5.36. The first-order chi connectivity index (χ1) is 36.2. The van der Waals surface area contributed by atoms with Gasteiger partial charge in [0.05, 0.1) is 73.4 Å². The van der Waals surface area contributed by atoms with Crippen LogP contribution in [0, 0.1) is 11.3 Å². The van der Waals surface area contributed by atoms with E-state index in [0.29, 0.717) is 5.56 Å². The molecule has 7 nitrogen and oxygen atoms in total. The van der Waals surface area contributed by atoms with Crippen molar-refractivity contribution in [2.75, 3.05) is 0 Å². The number of nitriles is 1. The van der Waals surface area contributed by atoms with Crippen LogP contribution in [0.1, 0.15) is 27.8 Å². The minimum atomic E-state index is -0.786. The Morgan fingerprint density at radius 1 is 0.370 bits per heavy atom. The molecule has 1 aliphatic carbocycles. The molecule has 16 rings (SSSR count). The number of nitrogens with zero attached hydrogens (tertiary/aromatic N) is 6. The summed E-state index contributed by atoms with van der Waals surface area (Å²) < 4.78 is 14.0. The lowest BCUT2D eigenvalue weighted by Gasteiger charge is -2.39. The number of pyridine rings is 2. The van der Waals surface area contributed by atoms with Crippen molar-refractivity contribution in [3.8, 4) is 57.1 Å². The van der Waals surface area contributed by atoms with Gasteiger partial charge in [-0.05, 0) is 120 Å². The smallest absolute Gasteiger partial charge is 0.132 e. The second kappa shape index (κ2) is 14.8. The van der Waals surface area contributed by atoms with Gasteiger partial charge in [0, 0.05) is 66.6 Å². The minimum absolute atomic E-state index is 0.627. The van der Waals surface area contributed by atoms with E-state index in [4.69, 9.17) is 14.7 Å². The highest BCUT2D eigenvalue weighted by atomic mass is 16.5. The molecule has 1 unspecified atom stereocenters. The molecule has 5 aromatic heterocycles. The number of para-hydroxylation sites is 5. The molecule has 0 N–H and O–H groups in total. The molecule has 0 saturated heterocycles. The second-order valence-electron chi connectivity index (χ2n) is 19.2. The van der Waals surface area contributed by atoms with E-state index in [2.05, 4.69) is 208 Å². The molecule has 0 bridgehead atoms. The van der Waals surface area contributed by atoms with Crippen LogP contribution in [-0.2, 0) is 5.41 Å². The SMILES string of the molecule is N#Cc1ccc2c(c1)c1ccccc1n2-c1cnc2c(c1)C1(c3ccccc3Oc3cc(-c4ccc5c(c4)c4ccccc4n5-c4ccc(-n5c6ccccc6c6ccccc65)cc4)ccc31)c1cccnc1-2. The van der Waals surface area contributed by atoms with Crippen LogP contribution in [-0.4, -0.2) is 23.7 Å². The molecule has 73 heavy (non-hydrogen) atoms. The van der Waals surface area contributed by atoms with Crippen LogP contribution < -0.4 is 4.74 Å². The predicted octanol–water partition coefficient (Wildman–Crippen LogP) is 15.8. The fourth-order valence-corrected chi connectivity index (χ4v) is 12.6. The maximum Gasteiger partial charge on any atom is 0.132 e. The van der Waals surface area contributed by atoms with Crippen LogP contribution in [0.2, 0.25) is 0 Å². The van der Waals surface area contributed by atoms with Gasteiger partial charge in [-0.1, -0.05) is 115 Å². The molecule has 6 heterocycles. The van der Waals surface area contributed by atoms with Gasteiger partial charge in [0.25, 0.3) is 0 Å². The van der Waals surface area contributed by atoms with Gasteiger partial charge < -0.3 is 18.4 Å². The summed E-state index contributed by atoms with van der Waals surface area (Å²) in [5, 5.41) is 16.9. The number of ether oxygens (including phenoxy) is 1. The zero-order chi connectivity index (χ0) is 47.9. The van der Waals surface area contributed by atoms with Crippen molar-refractivity contribution in [2.24, 2.45) is 0 Å². The number of fused-ring (bicyclic) bond motifs is 18. The minimum Gasteiger partial charge on any atom is -0.457 e. The lowest BCUT2D eigenvalue weighted by Crippen LogP contribution is -2.32. The average molecular weight is 931 g/mol. The van der Waals surface area contributed by atoms with Gasteiger partial charge in [-0.15, -0.1) is 0 Å². The van der Waals surface area contributed by atoms with Gasteiger partial charge in [-0.3, -0.25) is 9.97 Å². The fourth-order valence-electron chi connectivity index (χ4n) is 12.6. The van der Waals surface area contributed by atoms with Gasteiger partial charge >= 0.3 is 0 Å². The van der Waals surface area contributed by atoms with Gasteiger partial charge in [0.2, 0.25) is 0 Å². The van der Waals surface area contributed by atoms with Gasteiger partial charge in [0.15, 0.2) is 0 Å². The predicted molar refractivity (Wildman–Crippen MR) is 293 cm³/mol. The lowest BCUT2D eigenvalue weighted by atomic mass is 9.66. The molecule has 0 amide bonds. The third-order valence-electron chi connectivity index (χ3n) is 15.6. The molecular formula is C66H38N6O. The van der Waals surface area contributed by atoms with Crippen LogP contribution in [0.25, 0.3) is 105 Å². The second-order valence-corrected chi connectivity index (χ2v) is 19.2. The first-order valence-corrected chi connectivity index (χ1v) is 24.6. The Hall–Kier alpha value is -10.0. The van der Waals surface area contributed by atoms with Crippen molar-refractivity contribution in [1.29, 1.82) is 5.26 Å². The molecule has 7 heteroatoms. The first-order valence-electron chi connectivity index (χ1n) is 24.6. The number of rotatable bonds is 4. The Labute approximate surface area is 418 Å². The van der Waals surface area contributed by atoms with Gasteiger partial charge in [-0.2, -0.15) is 5.26 Å². The Balaban J connectivity index is 0.846. The number of hydrogen-bond donors (Lipinski definition) is 0. The summed E-state index contributed by atoms with van der Waals surface area (Å²) in [5.41, 5.74) is 17.8. The Kier molecular flexibility index (Phi) is 8.04. The Bertz CT molecular complexity index is 4690. The zero-order valence-corrected chi connectivity index (χ0v) is 39.0. The van der Waals surface area contributed by atoms with E-state index in [-0.39, 0.29) is 0 Å². The Morgan fingerprint density at radius 2 is 0.863 bits per heavy atom. The van der Waals surface area contributed by atoms with E-state index in [9.17, 15) is 5.26 Å². The van der Waals surface area contributed by atoms with Crippen molar-refractivity contribution in [1.82, 2.24) is 23.7 Å². The molecule has 1 spiro atoms. The summed E-state index contributed by atoms with van der Waals surface area (Å²) in [7, 11) is 0. The average Bonchev–Trinajstić information content (AvgIpc) is 4.21. The lowest BCUT2D eigenvalue weighted by molar-refractivity contribution is 0.436. The zero-order valence-electron chi connectivity index (χ0n) is 39.0. The molecule has 2 aliphatic rings. The van der Waals surface area contributed by atoms with Crippen molar-refractivity contribution in [2.45, 2.75) is 5.41 Å². The molecule has 14 aromatic rings. The molecular weight excluding hydrogens is 893 g/mol. The van der Waals surface area contributed by atoms with E-state index < -0.39 is 5.41 Å². The highest BCUT2D eigenvalue weighted by Gasteiger charge is 2.52. The van der Waals surface area contributed by atoms with Crippen LogP contribution in [0.3, 0.4) is 0 Å². The highest BCUT2D eigenvalue weighted by molar-refractivity contribution is 6.12. The van der Waals surface area contributed by atoms with E-state index in [1.165, 1.54) is 32.6 Å². The standard InChI is InChI=1S/C66H38N6O/c67-38-40-23-31-60-50(34-40)48-14-3-9-21-59(48)72(60)45-37-55-65(69-39-45)64-54(17-11-33-68-64)66(55)52-16-5-10-22-62(52)73-63-36-42(24-30-53(63)66)41-25-32-61-51(35-41)49-15-4-8-20-58(49)71(61)44-28-26-43(27-29-44)70-56-18-6-1-12-46(56)47-13-2-7-19-57(47)70/h1-37,39H. The summed E-state index contributed by atoms with van der Waals surface area (Å²) in [6.45, 7) is 0. The molecule has 0 fully saturated rings. The van der Waals surface area contributed by atoms with Crippen molar-refractivity contribution in [3.05, 3.63) is 259 Å². The number of aromatic nitrogens is 5. The van der Waals surface area contributed by atoms with Crippen LogP contribution >= 0.6 is 0 Å². The highest BCUT2D eigenvalue weighted by Crippen LogP contribution is 2.62. The van der Waals surface area contributed by atoms with E-state index in [0.717, 1.165) is 106 Å². The number of hydrogen-bond acceptors (Lipinski definition) is 4. The molecule has 0 saturated carbocycles. The van der Waals surface area contributed by atoms with E-state index in [1.807, 2.05) is 42.7 Å². The summed E-state index contributed by atoms with van der Waals surface area (Å²) in [6, 6.07) is 80.2. The summed E-state index contributed by atoms with van der Waals surface area (Å²) >= 11 is 0.